The average Bonchev–Trinajstić information content (AvgIpc) is 2.36. The van der Waals surface area contributed by atoms with Crippen molar-refractivity contribution in [1.29, 1.82) is 0 Å². The maximum absolute atomic E-state index is 12.4. The van der Waals surface area contributed by atoms with Crippen LogP contribution >= 0.6 is 0 Å². The highest BCUT2D eigenvalue weighted by molar-refractivity contribution is 7.91. The molecule has 0 radical (unpaired) electrons. The van der Waals surface area contributed by atoms with Crippen molar-refractivity contribution in [1.82, 2.24) is 5.32 Å². The summed E-state index contributed by atoms with van der Waals surface area (Å²) in [4.78, 5) is -0.0748. The molecule has 0 bridgehead atoms. The monoisotopic (exact) mass is 309 g/mol. The average molecular weight is 309 g/mol. The normalized spacial score (nSPS) is 14.2. The molecule has 0 aliphatic carbocycles. The van der Waals surface area contributed by atoms with Crippen LogP contribution in [0.15, 0.2) is 29.2 Å². The molecule has 3 nitrogen and oxygen atoms in total. The van der Waals surface area contributed by atoms with Crippen molar-refractivity contribution in [3.63, 3.8) is 0 Å². The van der Waals surface area contributed by atoms with Crippen LogP contribution in [0.25, 0.3) is 0 Å². The minimum absolute atomic E-state index is 0.0456. The molecule has 0 aliphatic rings. The SMILES string of the molecule is CCNC(C)CCS(=O)(=O)c1ccc(C(F)(F)F)cc1. The van der Waals surface area contributed by atoms with Crippen LogP contribution in [-0.2, 0) is 16.0 Å². The molecule has 0 saturated heterocycles. The van der Waals surface area contributed by atoms with Crippen molar-refractivity contribution < 1.29 is 21.6 Å². The lowest BCUT2D eigenvalue weighted by Gasteiger charge is -2.12. The van der Waals surface area contributed by atoms with Crippen LogP contribution in [0.4, 0.5) is 13.2 Å². The second-order valence-corrected chi connectivity index (χ2v) is 6.70. The first-order valence-corrected chi connectivity index (χ1v) is 7.95. The van der Waals surface area contributed by atoms with Gasteiger partial charge in [-0.05, 0) is 44.2 Å². The smallest absolute Gasteiger partial charge is 0.314 e. The standard InChI is InChI=1S/C13H18F3NO2S/c1-3-17-10(2)8-9-20(18,19)12-6-4-11(5-7-12)13(14,15)16/h4-7,10,17H,3,8-9H2,1-2H3. The van der Waals surface area contributed by atoms with Crippen molar-refractivity contribution in [3.05, 3.63) is 29.8 Å². The van der Waals surface area contributed by atoms with Gasteiger partial charge in [0.15, 0.2) is 9.84 Å². The van der Waals surface area contributed by atoms with Crippen molar-refractivity contribution in [3.8, 4) is 0 Å². The van der Waals surface area contributed by atoms with E-state index in [0.717, 1.165) is 30.8 Å². The summed E-state index contributed by atoms with van der Waals surface area (Å²) in [6.07, 6.45) is -4.04. The summed E-state index contributed by atoms with van der Waals surface area (Å²) in [6.45, 7) is 4.52. The van der Waals surface area contributed by atoms with Crippen molar-refractivity contribution >= 4 is 9.84 Å². The first-order chi connectivity index (χ1) is 9.16. The summed E-state index contributed by atoms with van der Waals surface area (Å²) >= 11 is 0. The van der Waals surface area contributed by atoms with E-state index >= 15 is 0 Å². The highest BCUT2D eigenvalue weighted by Crippen LogP contribution is 2.29. The van der Waals surface area contributed by atoms with Gasteiger partial charge in [0.25, 0.3) is 0 Å². The fraction of sp³-hybridized carbons (Fsp3) is 0.538. The summed E-state index contributed by atoms with van der Waals surface area (Å²) in [7, 11) is -3.54. The predicted octanol–water partition coefficient (Wildman–Crippen LogP) is 2.87. The molecule has 0 aromatic heterocycles. The van der Waals surface area contributed by atoms with E-state index in [4.69, 9.17) is 0 Å². The Morgan fingerprint density at radius 2 is 1.75 bits per heavy atom. The van der Waals surface area contributed by atoms with E-state index < -0.39 is 21.6 Å². The van der Waals surface area contributed by atoms with E-state index in [0.29, 0.717) is 6.42 Å². The molecule has 1 aromatic rings. The van der Waals surface area contributed by atoms with Gasteiger partial charge in [-0.1, -0.05) is 6.92 Å². The second-order valence-electron chi connectivity index (χ2n) is 4.59. The van der Waals surface area contributed by atoms with Gasteiger partial charge in [-0.3, -0.25) is 0 Å². The molecule has 0 amide bonds. The molecule has 1 aromatic carbocycles. The van der Waals surface area contributed by atoms with Crippen LogP contribution < -0.4 is 5.32 Å². The van der Waals surface area contributed by atoms with E-state index in [-0.39, 0.29) is 16.7 Å². The van der Waals surface area contributed by atoms with Gasteiger partial charge in [-0.25, -0.2) is 8.42 Å². The number of halogens is 3. The number of benzene rings is 1. The van der Waals surface area contributed by atoms with Crippen LogP contribution in [0.5, 0.6) is 0 Å². The predicted molar refractivity (Wildman–Crippen MR) is 71.3 cm³/mol. The Balaban J connectivity index is 2.78. The van der Waals surface area contributed by atoms with Gasteiger partial charge < -0.3 is 5.32 Å². The first-order valence-electron chi connectivity index (χ1n) is 6.30. The first kappa shape index (κ1) is 17.0. The topological polar surface area (TPSA) is 46.2 Å². The molecular weight excluding hydrogens is 291 g/mol. The summed E-state index contributed by atoms with van der Waals surface area (Å²) in [6, 6.07) is 3.65. The maximum Gasteiger partial charge on any atom is 0.416 e. The minimum atomic E-state index is -4.46. The molecule has 0 heterocycles. The van der Waals surface area contributed by atoms with E-state index in [2.05, 4.69) is 5.32 Å². The lowest BCUT2D eigenvalue weighted by molar-refractivity contribution is -0.137. The van der Waals surface area contributed by atoms with Crippen LogP contribution in [0.2, 0.25) is 0 Å². The molecule has 1 N–H and O–H groups in total. The Bertz CT molecular complexity index is 524. The largest absolute Gasteiger partial charge is 0.416 e. The highest BCUT2D eigenvalue weighted by atomic mass is 32.2. The van der Waals surface area contributed by atoms with Gasteiger partial charge in [0.1, 0.15) is 0 Å². The number of rotatable bonds is 6. The number of nitrogens with one attached hydrogen (secondary N) is 1. The highest BCUT2D eigenvalue weighted by Gasteiger charge is 2.30. The fourth-order valence-electron chi connectivity index (χ4n) is 1.75. The van der Waals surface area contributed by atoms with Crippen LogP contribution in [0.1, 0.15) is 25.8 Å². The third kappa shape index (κ3) is 4.79. The van der Waals surface area contributed by atoms with Crippen molar-refractivity contribution in [2.75, 3.05) is 12.3 Å². The zero-order valence-corrected chi connectivity index (χ0v) is 12.2. The molecule has 0 spiro atoms. The zero-order chi connectivity index (χ0) is 15.4. The Kier molecular flexibility index (Phi) is 5.59. The molecular formula is C13H18F3NO2S. The van der Waals surface area contributed by atoms with Gasteiger partial charge in [0.05, 0.1) is 16.2 Å². The van der Waals surface area contributed by atoms with Gasteiger partial charge in [0, 0.05) is 6.04 Å². The lowest BCUT2D eigenvalue weighted by atomic mass is 10.2. The molecule has 1 rings (SSSR count). The van der Waals surface area contributed by atoms with Crippen LogP contribution in [0, 0.1) is 0 Å². The van der Waals surface area contributed by atoms with E-state index in [1.807, 2.05) is 13.8 Å². The Morgan fingerprint density at radius 1 is 1.20 bits per heavy atom. The third-order valence-electron chi connectivity index (χ3n) is 2.91. The Labute approximate surface area is 117 Å². The Morgan fingerprint density at radius 3 is 2.20 bits per heavy atom. The Hall–Kier alpha value is -1.08. The number of hydrogen-bond acceptors (Lipinski definition) is 3. The number of hydrogen-bond donors (Lipinski definition) is 1. The van der Waals surface area contributed by atoms with Gasteiger partial charge in [0.2, 0.25) is 0 Å². The zero-order valence-electron chi connectivity index (χ0n) is 11.4. The molecule has 1 atom stereocenters. The lowest BCUT2D eigenvalue weighted by Crippen LogP contribution is -2.27. The van der Waals surface area contributed by atoms with Gasteiger partial charge in [-0.15, -0.1) is 0 Å². The van der Waals surface area contributed by atoms with Gasteiger partial charge >= 0.3 is 6.18 Å². The summed E-state index contributed by atoms with van der Waals surface area (Å²) in [5.74, 6) is -0.0907. The maximum atomic E-state index is 12.4. The fourth-order valence-corrected chi connectivity index (χ4v) is 3.20. The van der Waals surface area contributed by atoms with E-state index in [1.54, 1.807) is 0 Å². The third-order valence-corrected chi connectivity index (χ3v) is 4.68. The molecule has 114 valence electrons. The molecule has 0 saturated carbocycles. The van der Waals surface area contributed by atoms with Crippen LogP contribution in [-0.4, -0.2) is 26.8 Å². The summed E-state index contributed by atoms with van der Waals surface area (Å²) in [5.41, 5.74) is -0.850. The molecule has 20 heavy (non-hydrogen) atoms. The summed E-state index contributed by atoms with van der Waals surface area (Å²) in [5, 5.41) is 3.09. The quantitative estimate of drug-likeness (QED) is 0.879. The van der Waals surface area contributed by atoms with Crippen molar-refractivity contribution in [2.24, 2.45) is 0 Å². The summed E-state index contributed by atoms with van der Waals surface area (Å²) < 4.78 is 61.2. The molecule has 0 fully saturated rings. The molecule has 1 unspecified atom stereocenters. The van der Waals surface area contributed by atoms with E-state index in [1.165, 1.54) is 0 Å². The molecule has 0 aliphatic heterocycles. The van der Waals surface area contributed by atoms with Crippen molar-refractivity contribution in [2.45, 2.75) is 37.4 Å². The molecule has 7 heteroatoms. The van der Waals surface area contributed by atoms with Crippen LogP contribution in [0.3, 0.4) is 0 Å². The van der Waals surface area contributed by atoms with E-state index in [9.17, 15) is 21.6 Å². The van der Waals surface area contributed by atoms with Gasteiger partial charge in [-0.2, -0.15) is 13.2 Å². The minimum Gasteiger partial charge on any atom is -0.314 e. The number of alkyl halides is 3. The second kappa shape index (κ2) is 6.58. The number of sulfone groups is 1.